The lowest BCUT2D eigenvalue weighted by Crippen LogP contribution is -2.45. The van der Waals surface area contributed by atoms with Gasteiger partial charge in [-0.05, 0) is 12.1 Å². The van der Waals surface area contributed by atoms with Gasteiger partial charge in [0.05, 0.1) is 6.42 Å². The van der Waals surface area contributed by atoms with E-state index in [1.54, 1.807) is 12.1 Å². The maximum atomic E-state index is 11.6. The van der Waals surface area contributed by atoms with Crippen LogP contribution in [-0.2, 0) is 9.59 Å². The lowest BCUT2D eigenvalue weighted by molar-refractivity contribution is -0.139. The van der Waals surface area contributed by atoms with Crippen LogP contribution in [0.1, 0.15) is 16.9 Å². The summed E-state index contributed by atoms with van der Waals surface area (Å²) in [5.74, 6) is -2.78. The molecule has 7 nitrogen and oxygen atoms in total. The molecule has 0 spiro atoms. The summed E-state index contributed by atoms with van der Waals surface area (Å²) in [4.78, 5) is 36.7. The number of aliphatic carboxylic acids is 1. The molecule has 0 bridgehead atoms. The van der Waals surface area contributed by atoms with Crippen LogP contribution in [0.15, 0.2) is 24.4 Å². The van der Waals surface area contributed by atoms with Crippen LogP contribution >= 0.6 is 0 Å². The molecule has 90 valence electrons. The van der Waals surface area contributed by atoms with Gasteiger partial charge in [-0.1, -0.05) is 6.07 Å². The Balaban J connectivity index is 2.71. The van der Waals surface area contributed by atoms with Crippen LogP contribution in [-0.4, -0.2) is 33.9 Å². The second kappa shape index (κ2) is 5.59. The fourth-order valence-electron chi connectivity index (χ4n) is 1.13. The van der Waals surface area contributed by atoms with Crippen molar-refractivity contribution in [1.82, 2.24) is 10.3 Å². The Hall–Kier alpha value is -2.44. The number of carbonyl (C=O) groups is 3. The molecule has 17 heavy (non-hydrogen) atoms. The van der Waals surface area contributed by atoms with E-state index in [-0.39, 0.29) is 5.69 Å². The molecule has 0 saturated carbocycles. The van der Waals surface area contributed by atoms with Gasteiger partial charge in [-0.3, -0.25) is 19.4 Å². The number of rotatable bonds is 5. The predicted molar refractivity (Wildman–Crippen MR) is 56.9 cm³/mol. The van der Waals surface area contributed by atoms with Gasteiger partial charge in [0, 0.05) is 6.20 Å². The van der Waals surface area contributed by atoms with Gasteiger partial charge in [0.1, 0.15) is 11.7 Å². The summed E-state index contributed by atoms with van der Waals surface area (Å²) in [6.07, 6.45) is 0.847. The molecule has 1 rings (SSSR count). The highest BCUT2D eigenvalue weighted by Crippen LogP contribution is 1.97. The van der Waals surface area contributed by atoms with E-state index in [1.165, 1.54) is 12.3 Å². The van der Waals surface area contributed by atoms with E-state index in [1.807, 2.05) is 0 Å². The quantitative estimate of drug-likeness (QED) is 0.615. The number of amides is 2. The number of nitrogens with two attached hydrogens (primary N) is 1. The fraction of sp³-hybridized carbons (Fsp3) is 0.200. The second-order valence-corrected chi connectivity index (χ2v) is 3.24. The number of nitrogens with one attached hydrogen (secondary N) is 1. The van der Waals surface area contributed by atoms with Crippen molar-refractivity contribution >= 4 is 17.8 Å². The van der Waals surface area contributed by atoms with E-state index in [0.717, 1.165) is 0 Å². The molecule has 1 atom stereocenters. The average molecular weight is 237 g/mol. The zero-order valence-corrected chi connectivity index (χ0v) is 8.79. The van der Waals surface area contributed by atoms with Crippen molar-refractivity contribution in [2.45, 2.75) is 12.5 Å². The maximum absolute atomic E-state index is 11.6. The molecule has 0 aliphatic heterocycles. The molecule has 0 unspecified atom stereocenters. The monoisotopic (exact) mass is 237 g/mol. The third-order valence-electron chi connectivity index (χ3n) is 1.93. The predicted octanol–water partition coefficient (Wildman–Crippen LogP) is -0.860. The summed E-state index contributed by atoms with van der Waals surface area (Å²) in [5.41, 5.74) is 5.06. The first-order chi connectivity index (χ1) is 8.00. The van der Waals surface area contributed by atoms with Gasteiger partial charge < -0.3 is 16.2 Å². The average Bonchev–Trinajstić information content (AvgIpc) is 2.28. The van der Waals surface area contributed by atoms with Crippen LogP contribution in [0, 0.1) is 0 Å². The molecule has 1 aromatic heterocycles. The molecule has 0 aliphatic rings. The second-order valence-electron chi connectivity index (χ2n) is 3.24. The molecule has 2 amide bonds. The van der Waals surface area contributed by atoms with E-state index in [4.69, 9.17) is 10.8 Å². The fourth-order valence-corrected chi connectivity index (χ4v) is 1.13. The number of nitrogens with zero attached hydrogens (tertiary/aromatic N) is 1. The van der Waals surface area contributed by atoms with Crippen molar-refractivity contribution in [3.63, 3.8) is 0 Å². The highest BCUT2D eigenvalue weighted by atomic mass is 16.4. The smallest absolute Gasteiger partial charge is 0.305 e. The molecule has 1 heterocycles. The van der Waals surface area contributed by atoms with Crippen molar-refractivity contribution in [3.8, 4) is 0 Å². The molecule has 0 fully saturated rings. The van der Waals surface area contributed by atoms with Crippen LogP contribution in [0.25, 0.3) is 0 Å². The van der Waals surface area contributed by atoms with Crippen LogP contribution in [0.4, 0.5) is 0 Å². The van der Waals surface area contributed by atoms with E-state index < -0.39 is 30.2 Å². The summed E-state index contributed by atoms with van der Waals surface area (Å²) >= 11 is 0. The molecule has 4 N–H and O–H groups in total. The Morgan fingerprint density at radius 3 is 2.59 bits per heavy atom. The number of carbonyl (C=O) groups excluding carboxylic acids is 2. The first kappa shape index (κ1) is 12.6. The Kier molecular flexibility index (Phi) is 4.15. The third kappa shape index (κ3) is 3.90. The zero-order valence-electron chi connectivity index (χ0n) is 8.79. The SMILES string of the molecule is NC(=O)[C@H](CC(=O)O)NC(=O)c1ccccn1. The third-order valence-corrected chi connectivity index (χ3v) is 1.93. The molecule has 0 aliphatic carbocycles. The highest BCUT2D eigenvalue weighted by Gasteiger charge is 2.22. The number of carboxylic acid groups (broad SMARTS) is 1. The first-order valence-electron chi connectivity index (χ1n) is 4.73. The minimum atomic E-state index is -1.25. The van der Waals surface area contributed by atoms with Crippen LogP contribution in [0.2, 0.25) is 0 Å². The summed E-state index contributed by atoms with van der Waals surface area (Å²) in [6.45, 7) is 0. The zero-order chi connectivity index (χ0) is 12.8. The molecular weight excluding hydrogens is 226 g/mol. The maximum Gasteiger partial charge on any atom is 0.305 e. The van der Waals surface area contributed by atoms with Gasteiger partial charge in [0.15, 0.2) is 0 Å². The number of hydrogen-bond donors (Lipinski definition) is 3. The Bertz CT molecular complexity index is 432. The minimum absolute atomic E-state index is 0.0872. The molecule has 0 aromatic carbocycles. The topological polar surface area (TPSA) is 122 Å². The summed E-state index contributed by atoms with van der Waals surface area (Å²) in [7, 11) is 0. The Morgan fingerprint density at radius 2 is 2.12 bits per heavy atom. The van der Waals surface area contributed by atoms with Gasteiger partial charge >= 0.3 is 5.97 Å². The molecule has 1 aromatic rings. The van der Waals surface area contributed by atoms with Crippen molar-refractivity contribution in [1.29, 1.82) is 0 Å². The van der Waals surface area contributed by atoms with Crippen molar-refractivity contribution in [3.05, 3.63) is 30.1 Å². The van der Waals surface area contributed by atoms with Gasteiger partial charge in [0.25, 0.3) is 5.91 Å². The van der Waals surface area contributed by atoms with Crippen LogP contribution in [0.3, 0.4) is 0 Å². The van der Waals surface area contributed by atoms with Gasteiger partial charge in [-0.25, -0.2) is 0 Å². The number of carboxylic acids is 1. The Labute approximate surface area is 96.6 Å². The number of aromatic nitrogens is 1. The van der Waals surface area contributed by atoms with E-state index in [9.17, 15) is 14.4 Å². The summed E-state index contributed by atoms with van der Waals surface area (Å²) in [5, 5.41) is 10.7. The normalized spacial score (nSPS) is 11.5. The molecule has 0 radical (unpaired) electrons. The van der Waals surface area contributed by atoms with Crippen LogP contribution < -0.4 is 11.1 Å². The van der Waals surface area contributed by atoms with Gasteiger partial charge in [-0.15, -0.1) is 0 Å². The van der Waals surface area contributed by atoms with Crippen molar-refractivity contribution in [2.75, 3.05) is 0 Å². The lowest BCUT2D eigenvalue weighted by Gasteiger charge is -2.12. The van der Waals surface area contributed by atoms with E-state index >= 15 is 0 Å². The Morgan fingerprint density at radius 1 is 1.41 bits per heavy atom. The summed E-state index contributed by atoms with van der Waals surface area (Å²) in [6, 6.07) is 3.41. The highest BCUT2D eigenvalue weighted by molar-refractivity contribution is 5.96. The largest absolute Gasteiger partial charge is 0.481 e. The minimum Gasteiger partial charge on any atom is -0.481 e. The standard InChI is InChI=1S/C10H11N3O4/c11-9(16)7(5-8(14)15)13-10(17)6-3-1-2-4-12-6/h1-4,7H,5H2,(H2,11,16)(H,13,17)(H,14,15)/t7-/m0/s1. The lowest BCUT2D eigenvalue weighted by atomic mass is 10.2. The van der Waals surface area contributed by atoms with Gasteiger partial charge in [-0.2, -0.15) is 0 Å². The first-order valence-corrected chi connectivity index (χ1v) is 4.73. The van der Waals surface area contributed by atoms with E-state index in [2.05, 4.69) is 10.3 Å². The van der Waals surface area contributed by atoms with E-state index in [0.29, 0.717) is 0 Å². The molecular formula is C10H11N3O4. The molecule has 0 saturated heterocycles. The summed E-state index contributed by atoms with van der Waals surface area (Å²) < 4.78 is 0. The number of hydrogen-bond acceptors (Lipinski definition) is 4. The molecule has 7 heteroatoms. The number of pyridine rings is 1. The van der Waals surface area contributed by atoms with Crippen molar-refractivity contribution < 1.29 is 19.5 Å². The number of primary amides is 1. The van der Waals surface area contributed by atoms with Crippen molar-refractivity contribution in [2.24, 2.45) is 5.73 Å². The van der Waals surface area contributed by atoms with Gasteiger partial charge in [0.2, 0.25) is 5.91 Å². The van der Waals surface area contributed by atoms with Crippen LogP contribution in [0.5, 0.6) is 0 Å².